The van der Waals surface area contributed by atoms with Gasteiger partial charge in [0.1, 0.15) is 78.8 Å². The molecule has 3 amide bonds. The fourth-order valence-electron chi connectivity index (χ4n) is 11.6. The lowest BCUT2D eigenvalue weighted by atomic mass is 10.1. The molecule has 4 aliphatic heterocycles. The maximum absolute atomic E-state index is 13.9. The second-order valence-electron chi connectivity index (χ2n) is 26.1. The van der Waals surface area contributed by atoms with Crippen LogP contribution in [0.15, 0.2) is 65.6 Å². The van der Waals surface area contributed by atoms with Crippen LogP contribution in [0, 0.1) is 20.8 Å². The highest BCUT2D eigenvalue weighted by atomic mass is 31.2. The molecule has 46 nitrogen and oxygen atoms in total. The average Bonchev–Trinajstić information content (AvgIpc) is 1.65. The monoisotopic (exact) mass is 1690 g/mol. The number of nitrogens with two attached hydrogens (primary N) is 1. The number of benzene rings is 1. The lowest BCUT2D eigenvalue weighted by Crippen LogP contribution is -2.33. The van der Waals surface area contributed by atoms with Crippen molar-refractivity contribution < 1.29 is 141 Å². The summed E-state index contributed by atoms with van der Waals surface area (Å²) in [5.74, 6) is 2.12. The molecule has 4 saturated heterocycles. The molecule has 4 aromatic rings. The Morgan fingerprint density at radius 2 is 0.884 bits per heavy atom. The molecule has 0 aliphatic carbocycles. The highest BCUT2D eigenvalue weighted by Crippen LogP contribution is 2.55. The zero-order valence-electron chi connectivity index (χ0n) is 60.9. The van der Waals surface area contributed by atoms with Crippen molar-refractivity contribution in [3.8, 4) is 5.75 Å². The van der Waals surface area contributed by atoms with E-state index in [1.54, 1.807) is 6.92 Å². The van der Waals surface area contributed by atoms with Crippen molar-refractivity contribution in [3.05, 3.63) is 127 Å². The predicted octanol–water partition coefficient (Wildman–Crippen LogP) is 1.68. The fraction of sp³-hybridized carbons (Fsp3) is 0.639. The molecule has 4 aliphatic rings. The number of carbonyl (C=O) groups excluding carboxylic acids is 4. The molecule has 0 saturated carbocycles. The molecule has 14 N–H and O–H groups in total. The van der Waals surface area contributed by atoms with E-state index >= 15 is 0 Å². The standard InChI is InChI=1S/C61H91N10O36P5/c1-5-6-21-95-109(85,86)105-42-25-51(69-28-35(2)54(75)66-59(69)80)101-47(42)34-99-112(91,92)107-44-27-53(71-30-37(4)56(77)68-61(71)82)102-48(44)33-98-110(87,88)104-41-17-23-93-45(41)31-97-111(89,90)106-43-26-52(70-29-36(3)55(76)67-60(70)81)100-46(43)32-96-108(83,84)94-22-12-8-7-9-18-63-49(73)15-16-50(74)64-19-10-11-20-65-57(78)38-13-14-39(40(72)24-38)58(79)103-62/h13-14,24,28-30,41-48,51-53,72H,5-12,15-23,25-27,31-34,62H2,1-4H3,(H,63,73)(H,64,74)(H,65,78)(H,83,84)(H,85,86)(H,87,88)(H,89,90)(H,91,92)(H,66,75,80)(H,67,76,81)(H,68,77,82)/t41?,42?,43?,44?,45-,46-,47-,48-,51-,52-,53-/m1/s1. The van der Waals surface area contributed by atoms with Gasteiger partial charge < -0.3 is 69.3 Å². The molecule has 626 valence electrons. The molecular formula is C61H91N10O36P5. The van der Waals surface area contributed by atoms with E-state index in [-0.39, 0.29) is 111 Å². The first-order chi connectivity index (χ1) is 52.8. The zero-order valence-corrected chi connectivity index (χ0v) is 65.3. The van der Waals surface area contributed by atoms with Crippen molar-refractivity contribution >= 4 is 62.8 Å². The summed E-state index contributed by atoms with van der Waals surface area (Å²) >= 11 is 0. The van der Waals surface area contributed by atoms with Gasteiger partial charge in [-0.05, 0) is 71.1 Å². The Morgan fingerprint density at radius 1 is 0.509 bits per heavy atom. The molecule has 7 heterocycles. The minimum Gasteiger partial charge on any atom is -0.507 e. The molecule has 16 atom stereocenters. The molecular weight excluding hydrogens is 1600 g/mol. The van der Waals surface area contributed by atoms with Crippen molar-refractivity contribution in [2.75, 3.05) is 65.9 Å². The number of phosphoric ester groups is 5. The summed E-state index contributed by atoms with van der Waals surface area (Å²) in [5.41, 5.74) is -5.14. The molecule has 9 unspecified atom stereocenters. The van der Waals surface area contributed by atoms with Gasteiger partial charge in [0.25, 0.3) is 22.6 Å². The molecule has 0 bridgehead atoms. The van der Waals surface area contributed by atoms with E-state index in [2.05, 4.69) is 35.7 Å². The number of amides is 3. The van der Waals surface area contributed by atoms with Crippen molar-refractivity contribution in [1.29, 1.82) is 0 Å². The number of phenols is 1. The topological polar surface area (TPSA) is 640 Å². The van der Waals surface area contributed by atoms with E-state index in [4.69, 9.17) is 70.1 Å². The van der Waals surface area contributed by atoms with E-state index in [0.29, 0.717) is 44.9 Å². The first-order valence-electron chi connectivity index (χ1n) is 35.2. The van der Waals surface area contributed by atoms with Gasteiger partial charge in [-0.1, -0.05) is 26.2 Å². The summed E-state index contributed by atoms with van der Waals surface area (Å²) in [6.45, 7) is 2.25. The van der Waals surface area contributed by atoms with Gasteiger partial charge in [-0.15, -0.1) is 0 Å². The largest absolute Gasteiger partial charge is 0.507 e. The quantitative estimate of drug-likeness (QED) is 0.0170. The van der Waals surface area contributed by atoms with Crippen LogP contribution < -0.4 is 55.6 Å². The lowest BCUT2D eigenvalue weighted by molar-refractivity contribution is -0.126. The third-order valence-electron chi connectivity index (χ3n) is 17.5. The molecule has 1 aromatic carbocycles. The Morgan fingerprint density at radius 3 is 1.31 bits per heavy atom. The van der Waals surface area contributed by atoms with Gasteiger partial charge in [0, 0.05) is 106 Å². The van der Waals surface area contributed by atoms with Crippen LogP contribution in [0.4, 0.5) is 0 Å². The Balaban J connectivity index is 0.788. The maximum Gasteiger partial charge on any atom is 0.472 e. The fourth-order valence-corrected chi connectivity index (χ4v) is 16.3. The van der Waals surface area contributed by atoms with Crippen LogP contribution >= 0.6 is 39.1 Å². The number of hydrogen-bond donors (Lipinski definition) is 13. The van der Waals surface area contributed by atoms with Crippen LogP contribution in [0.25, 0.3) is 0 Å². The number of carbonyl (C=O) groups is 4. The second-order valence-corrected chi connectivity index (χ2v) is 33.1. The van der Waals surface area contributed by atoms with Crippen molar-refractivity contribution in [2.24, 2.45) is 5.90 Å². The van der Waals surface area contributed by atoms with Crippen molar-refractivity contribution in [1.82, 2.24) is 44.6 Å². The SMILES string of the molecule is CCCCOP(=O)(O)OC1C[C@H](n2cc(C)c(=O)[nH]c2=O)O[C@@H]1COP(=O)(O)OC1C[C@H](n2cc(C)c(=O)[nH]c2=O)O[C@@H]1COP(=O)(O)OC1CCO[C@@H]1COP(=O)(O)OC1C[C@H](n2cc(C)c(=O)[nH]c2=O)O[C@@H]1COP(=O)(O)OCCCCCCNC(=O)CCC(=O)NCCCCNC(=O)c1ccc(C(=O)ON)c(O)c1. The number of nitrogens with zero attached hydrogens (tertiary/aromatic N) is 3. The van der Waals surface area contributed by atoms with Crippen LogP contribution in [0.2, 0.25) is 0 Å². The number of aromatic nitrogens is 6. The number of aromatic hydroxyl groups is 1. The number of ether oxygens (including phenoxy) is 4. The van der Waals surface area contributed by atoms with Gasteiger partial charge in [-0.2, -0.15) is 5.90 Å². The van der Waals surface area contributed by atoms with Crippen molar-refractivity contribution in [3.63, 3.8) is 0 Å². The summed E-state index contributed by atoms with van der Waals surface area (Å²) in [5, 5.41) is 18.0. The number of unbranched alkanes of at least 4 members (excludes halogenated alkanes) is 5. The Hall–Kier alpha value is -6.71. The first-order valence-corrected chi connectivity index (χ1v) is 42.7. The summed E-state index contributed by atoms with van der Waals surface area (Å²) in [4.78, 5) is 189. The third kappa shape index (κ3) is 27.5. The van der Waals surface area contributed by atoms with E-state index < -0.39 is 197 Å². The smallest absolute Gasteiger partial charge is 0.472 e. The zero-order chi connectivity index (χ0) is 81.9. The number of aryl methyl sites for hydroxylation is 3. The Bertz CT molecular complexity index is 4570. The summed E-state index contributed by atoms with van der Waals surface area (Å²) in [7, 11) is -25.9. The van der Waals surface area contributed by atoms with Gasteiger partial charge in [0.15, 0.2) is 0 Å². The molecule has 4 fully saturated rings. The normalized spacial score (nSPS) is 24.5. The van der Waals surface area contributed by atoms with E-state index in [1.807, 2.05) is 0 Å². The van der Waals surface area contributed by atoms with Gasteiger partial charge in [0.2, 0.25) is 11.8 Å². The summed E-state index contributed by atoms with van der Waals surface area (Å²) in [6, 6.07) is 3.59. The maximum atomic E-state index is 13.9. The predicted molar refractivity (Wildman–Crippen MR) is 380 cm³/mol. The number of hydrogen-bond acceptors (Lipinski definition) is 32. The lowest BCUT2D eigenvalue weighted by Gasteiger charge is -2.26. The van der Waals surface area contributed by atoms with Crippen LogP contribution in [-0.2, 0) is 101 Å². The van der Waals surface area contributed by atoms with Crippen LogP contribution in [0.5, 0.6) is 5.75 Å². The number of phosphoric acid groups is 5. The molecule has 0 radical (unpaired) electrons. The Kier molecular flexibility index (Phi) is 33.4. The average molecular weight is 1700 g/mol. The van der Waals surface area contributed by atoms with Crippen LogP contribution in [0.3, 0.4) is 0 Å². The molecule has 0 spiro atoms. The highest BCUT2D eigenvalue weighted by Gasteiger charge is 2.49. The first kappa shape index (κ1) is 90.8. The molecule has 112 heavy (non-hydrogen) atoms. The van der Waals surface area contributed by atoms with Crippen LogP contribution in [-0.4, -0.2) is 197 Å². The van der Waals surface area contributed by atoms with Gasteiger partial charge in [-0.25, -0.2) is 42.0 Å². The minimum atomic E-state index is -5.41. The van der Waals surface area contributed by atoms with Crippen LogP contribution in [0.1, 0.15) is 153 Å². The number of rotatable bonds is 45. The van der Waals surface area contributed by atoms with E-state index in [0.717, 1.165) is 38.4 Å². The molecule has 3 aromatic heterocycles. The summed E-state index contributed by atoms with van der Waals surface area (Å²) in [6.07, 6.45) is -11.1. The number of H-pyrrole nitrogens is 3. The molecule has 8 rings (SSSR count). The number of nitrogens with one attached hydrogen (secondary N) is 6. The van der Waals surface area contributed by atoms with Gasteiger partial charge >= 0.3 is 62.2 Å². The Labute approximate surface area is 635 Å². The highest BCUT2D eigenvalue weighted by molar-refractivity contribution is 7.48. The van der Waals surface area contributed by atoms with Gasteiger partial charge in [0.05, 0.1) is 39.6 Å². The number of aromatic amines is 3. The van der Waals surface area contributed by atoms with E-state index in [9.17, 15) is 100 Å². The van der Waals surface area contributed by atoms with Gasteiger partial charge in [-0.3, -0.25) is 103 Å². The summed E-state index contributed by atoms with van der Waals surface area (Å²) < 4.78 is 147. The number of phenolic OH excluding ortho intramolecular Hbond substituents is 1. The minimum absolute atomic E-state index is 0.0118. The second kappa shape index (κ2) is 41.2. The molecule has 51 heteroatoms. The third-order valence-corrected chi connectivity index (χ3v) is 22.6. The van der Waals surface area contributed by atoms with E-state index in [1.165, 1.54) is 32.9 Å². The van der Waals surface area contributed by atoms with Crippen molar-refractivity contribution in [2.45, 2.75) is 185 Å².